The highest BCUT2D eigenvalue weighted by Gasteiger charge is 2.27. The second kappa shape index (κ2) is 8.48. The fraction of sp³-hybridized carbons (Fsp3) is 0.667. The number of amides is 1. The van der Waals surface area contributed by atoms with Crippen LogP contribution in [0.4, 0.5) is 5.00 Å². The maximum absolute atomic E-state index is 12.4. The molecular formula is C18H27NO3S. The molecule has 0 spiro atoms. The van der Waals surface area contributed by atoms with Crippen LogP contribution in [-0.4, -0.2) is 19.0 Å². The van der Waals surface area contributed by atoms with E-state index in [4.69, 9.17) is 4.74 Å². The molecule has 1 aromatic heterocycles. The first-order chi connectivity index (χ1) is 11.1. The van der Waals surface area contributed by atoms with Crippen molar-refractivity contribution in [3.05, 3.63) is 16.0 Å². The third-order valence-electron chi connectivity index (χ3n) is 4.65. The summed E-state index contributed by atoms with van der Waals surface area (Å²) in [5, 5.41) is 3.69. The van der Waals surface area contributed by atoms with Gasteiger partial charge in [-0.2, -0.15) is 0 Å². The fourth-order valence-electron chi connectivity index (χ4n) is 3.20. The zero-order valence-electron chi connectivity index (χ0n) is 14.4. The minimum Gasteiger partial charge on any atom is -0.465 e. The summed E-state index contributed by atoms with van der Waals surface area (Å²) in [5.74, 6) is -0.331. The van der Waals surface area contributed by atoms with Crippen molar-refractivity contribution in [2.45, 2.75) is 65.2 Å². The highest BCUT2D eigenvalue weighted by molar-refractivity contribution is 7.17. The van der Waals surface area contributed by atoms with Gasteiger partial charge in [0.15, 0.2) is 0 Å². The van der Waals surface area contributed by atoms with Crippen LogP contribution in [0.3, 0.4) is 0 Å². The molecule has 0 unspecified atom stereocenters. The maximum Gasteiger partial charge on any atom is 0.341 e. The van der Waals surface area contributed by atoms with Crippen LogP contribution in [0.25, 0.3) is 0 Å². The molecule has 4 nitrogen and oxygen atoms in total. The van der Waals surface area contributed by atoms with Gasteiger partial charge in [0.25, 0.3) is 0 Å². The molecule has 1 heterocycles. The quantitative estimate of drug-likeness (QED) is 0.801. The monoisotopic (exact) mass is 337 g/mol. The minimum absolute atomic E-state index is 0.00868. The summed E-state index contributed by atoms with van der Waals surface area (Å²) in [7, 11) is 1.40. The van der Waals surface area contributed by atoms with Crippen LogP contribution in [0, 0.1) is 5.92 Å². The molecule has 0 aliphatic heterocycles. The molecule has 0 saturated heterocycles. The van der Waals surface area contributed by atoms with Crippen LogP contribution in [-0.2, 0) is 22.4 Å². The first-order valence-electron chi connectivity index (χ1n) is 8.66. The van der Waals surface area contributed by atoms with Gasteiger partial charge in [-0.25, -0.2) is 4.79 Å². The molecule has 0 radical (unpaired) electrons. The predicted octanol–water partition coefficient (Wildman–Crippen LogP) is 4.57. The molecule has 1 N–H and O–H groups in total. The topological polar surface area (TPSA) is 55.4 Å². The van der Waals surface area contributed by atoms with Crippen molar-refractivity contribution in [3.8, 4) is 0 Å². The van der Waals surface area contributed by atoms with Crippen molar-refractivity contribution in [3.63, 3.8) is 0 Å². The molecule has 1 aliphatic carbocycles. The second-order valence-electron chi connectivity index (χ2n) is 6.12. The molecule has 128 valence electrons. The Balaban J connectivity index is 2.35. The second-order valence-corrected chi connectivity index (χ2v) is 7.22. The zero-order valence-corrected chi connectivity index (χ0v) is 15.2. The number of carbonyl (C=O) groups excluding carboxylic acids is 2. The SMILES string of the molecule is CCC(CC)C(=O)Nc1sc2c(c1C(=O)OC)CCCCCC2. The van der Waals surface area contributed by atoms with E-state index in [-0.39, 0.29) is 17.8 Å². The van der Waals surface area contributed by atoms with E-state index in [1.165, 1.54) is 24.8 Å². The lowest BCUT2D eigenvalue weighted by atomic mass is 9.96. The Labute approximate surface area is 142 Å². The average molecular weight is 337 g/mol. The van der Waals surface area contributed by atoms with E-state index in [0.29, 0.717) is 10.6 Å². The summed E-state index contributed by atoms with van der Waals surface area (Å²) in [5.41, 5.74) is 1.69. The normalized spacial score (nSPS) is 14.8. The van der Waals surface area contributed by atoms with Gasteiger partial charge in [0.1, 0.15) is 5.00 Å². The van der Waals surface area contributed by atoms with E-state index < -0.39 is 0 Å². The number of rotatable bonds is 5. The molecular weight excluding hydrogens is 310 g/mol. The average Bonchev–Trinajstić information content (AvgIpc) is 2.84. The number of aryl methyl sites for hydroxylation is 1. The summed E-state index contributed by atoms with van der Waals surface area (Å²) in [6.07, 6.45) is 8.18. The van der Waals surface area contributed by atoms with Gasteiger partial charge < -0.3 is 10.1 Å². The largest absolute Gasteiger partial charge is 0.465 e. The van der Waals surface area contributed by atoms with Crippen LogP contribution >= 0.6 is 11.3 Å². The Morgan fingerprint density at radius 2 is 1.78 bits per heavy atom. The molecule has 23 heavy (non-hydrogen) atoms. The summed E-state index contributed by atoms with van der Waals surface area (Å²) >= 11 is 1.56. The van der Waals surface area contributed by atoms with Crippen LogP contribution in [0.15, 0.2) is 0 Å². The number of fused-ring (bicyclic) bond motifs is 1. The lowest BCUT2D eigenvalue weighted by Crippen LogP contribution is -2.22. The molecule has 0 atom stereocenters. The first-order valence-corrected chi connectivity index (χ1v) is 9.47. The molecule has 1 aromatic rings. The summed E-state index contributed by atoms with van der Waals surface area (Å²) in [6.45, 7) is 4.03. The van der Waals surface area contributed by atoms with E-state index in [0.717, 1.165) is 44.1 Å². The number of hydrogen-bond donors (Lipinski definition) is 1. The van der Waals surface area contributed by atoms with Crippen molar-refractivity contribution < 1.29 is 14.3 Å². The van der Waals surface area contributed by atoms with Crippen LogP contribution < -0.4 is 5.32 Å². The van der Waals surface area contributed by atoms with Gasteiger partial charge in [0.05, 0.1) is 12.7 Å². The maximum atomic E-state index is 12.4. The smallest absolute Gasteiger partial charge is 0.341 e. The van der Waals surface area contributed by atoms with Gasteiger partial charge in [-0.15, -0.1) is 11.3 Å². The minimum atomic E-state index is -0.331. The molecule has 0 bridgehead atoms. The van der Waals surface area contributed by atoms with Gasteiger partial charge in [-0.05, 0) is 44.1 Å². The Hall–Kier alpha value is -1.36. The highest BCUT2D eigenvalue weighted by atomic mass is 32.1. The van der Waals surface area contributed by atoms with Gasteiger partial charge in [0, 0.05) is 10.8 Å². The number of ether oxygens (including phenoxy) is 1. The van der Waals surface area contributed by atoms with Crippen molar-refractivity contribution in [1.29, 1.82) is 0 Å². The fourth-order valence-corrected chi connectivity index (χ4v) is 4.48. The van der Waals surface area contributed by atoms with Crippen molar-refractivity contribution in [2.75, 3.05) is 12.4 Å². The summed E-state index contributed by atoms with van der Waals surface area (Å²) in [6, 6.07) is 0. The molecule has 1 amide bonds. The van der Waals surface area contributed by atoms with Crippen molar-refractivity contribution >= 4 is 28.2 Å². The number of methoxy groups -OCH3 is 1. The van der Waals surface area contributed by atoms with E-state index in [1.54, 1.807) is 11.3 Å². The van der Waals surface area contributed by atoms with Crippen LogP contribution in [0.1, 0.15) is 73.2 Å². The Bertz CT molecular complexity index is 561. The lowest BCUT2D eigenvalue weighted by molar-refractivity contribution is -0.120. The number of hydrogen-bond acceptors (Lipinski definition) is 4. The zero-order chi connectivity index (χ0) is 16.8. The van der Waals surface area contributed by atoms with Crippen LogP contribution in [0.5, 0.6) is 0 Å². The van der Waals surface area contributed by atoms with E-state index in [1.807, 2.05) is 13.8 Å². The molecule has 0 aromatic carbocycles. The standard InChI is InChI=1S/C18H27NO3S/c1-4-12(5-2)16(20)19-17-15(18(21)22-3)13-10-8-6-7-9-11-14(13)23-17/h12H,4-11H2,1-3H3,(H,19,20). The third-order valence-corrected chi connectivity index (χ3v) is 5.86. The molecule has 2 rings (SSSR count). The van der Waals surface area contributed by atoms with E-state index >= 15 is 0 Å². The molecule has 5 heteroatoms. The first kappa shape index (κ1) is 18.0. The highest BCUT2D eigenvalue weighted by Crippen LogP contribution is 2.37. The van der Waals surface area contributed by atoms with Crippen LogP contribution in [0.2, 0.25) is 0 Å². The molecule has 1 aliphatic rings. The third kappa shape index (κ3) is 4.14. The lowest BCUT2D eigenvalue weighted by Gasteiger charge is -2.13. The van der Waals surface area contributed by atoms with Crippen molar-refractivity contribution in [1.82, 2.24) is 0 Å². The van der Waals surface area contributed by atoms with Gasteiger partial charge in [-0.3, -0.25) is 4.79 Å². The number of anilines is 1. The van der Waals surface area contributed by atoms with E-state index in [2.05, 4.69) is 5.32 Å². The number of nitrogens with one attached hydrogen (secondary N) is 1. The Morgan fingerprint density at radius 3 is 2.39 bits per heavy atom. The Morgan fingerprint density at radius 1 is 1.13 bits per heavy atom. The van der Waals surface area contributed by atoms with Gasteiger partial charge >= 0.3 is 5.97 Å². The van der Waals surface area contributed by atoms with Gasteiger partial charge in [-0.1, -0.05) is 26.7 Å². The molecule has 0 saturated carbocycles. The number of carbonyl (C=O) groups is 2. The van der Waals surface area contributed by atoms with Gasteiger partial charge in [0.2, 0.25) is 5.91 Å². The summed E-state index contributed by atoms with van der Waals surface area (Å²) in [4.78, 5) is 26.0. The number of thiophene rings is 1. The summed E-state index contributed by atoms with van der Waals surface area (Å²) < 4.78 is 4.98. The molecule has 0 fully saturated rings. The predicted molar refractivity (Wildman–Crippen MR) is 94.2 cm³/mol. The number of esters is 1. The van der Waals surface area contributed by atoms with E-state index in [9.17, 15) is 9.59 Å². The van der Waals surface area contributed by atoms with Crippen molar-refractivity contribution in [2.24, 2.45) is 5.92 Å². The Kier molecular flexibility index (Phi) is 6.63.